The minimum absolute atomic E-state index is 0.0168. The molecule has 0 heterocycles. The molecule has 2 aliphatic rings. The molecule has 2 heteroatoms. The van der Waals surface area contributed by atoms with Gasteiger partial charge in [0, 0.05) is 0 Å². The highest BCUT2D eigenvalue weighted by molar-refractivity contribution is 9.12. The number of hydrogen-bond donors (Lipinski definition) is 0. The van der Waals surface area contributed by atoms with Crippen LogP contribution in [0.4, 0.5) is 0 Å². The van der Waals surface area contributed by atoms with E-state index in [1.165, 1.54) is 19.3 Å². The van der Waals surface area contributed by atoms with Gasteiger partial charge in [-0.1, -0.05) is 25.3 Å². The van der Waals surface area contributed by atoms with Crippen molar-refractivity contribution in [2.45, 2.75) is 32.1 Å². The van der Waals surface area contributed by atoms with Crippen molar-refractivity contribution in [1.82, 2.24) is 0 Å². The summed E-state index contributed by atoms with van der Waals surface area (Å²) < 4.78 is 0.805. The van der Waals surface area contributed by atoms with Crippen LogP contribution in [0.2, 0.25) is 0 Å². The summed E-state index contributed by atoms with van der Waals surface area (Å²) in [4.78, 5) is 11.4. The van der Waals surface area contributed by atoms with E-state index in [4.69, 9.17) is 0 Å². The van der Waals surface area contributed by atoms with Gasteiger partial charge >= 0.3 is 0 Å². The highest BCUT2D eigenvalue weighted by atomic mass is 79.9. The van der Waals surface area contributed by atoms with Crippen LogP contribution in [-0.2, 0) is 4.79 Å². The summed E-state index contributed by atoms with van der Waals surface area (Å²) in [5.41, 5.74) is -0.0168. The monoisotopic (exact) mass is 214 g/mol. The Bertz CT molecular complexity index is 224. The lowest BCUT2D eigenvalue weighted by molar-refractivity contribution is -0.125. The van der Waals surface area contributed by atoms with Crippen molar-refractivity contribution in [1.29, 1.82) is 0 Å². The Morgan fingerprint density at radius 2 is 1.91 bits per heavy atom. The molecule has 0 aromatic heterocycles. The van der Waals surface area contributed by atoms with Gasteiger partial charge in [0.1, 0.15) is 0 Å². The van der Waals surface area contributed by atoms with E-state index >= 15 is 0 Å². The first kappa shape index (κ1) is 7.53. The van der Waals surface area contributed by atoms with E-state index in [-0.39, 0.29) is 5.41 Å². The Labute approximate surface area is 75.0 Å². The summed E-state index contributed by atoms with van der Waals surface area (Å²) in [6, 6.07) is 0. The number of carbonyl (C=O) groups is 1. The largest absolute Gasteiger partial charge is 0.293 e. The molecule has 2 aliphatic carbocycles. The lowest BCUT2D eigenvalue weighted by Crippen LogP contribution is -2.38. The summed E-state index contributed by atoms with van der Waals surface area (Å²) in [7, 11) is 0. The standard InChI is InChI=1S/C9H11BrO/c10-7-6-9(8(7)11)4-2-1-3-5-9/h6H,1-5H2. The molecule has 0 N–H and O–H groups in total. The summed E-state index contributed by atoms with van der Waals surface area (Å²) >= 11 is 3.25. The van der Waals surface area contributed by atoms with Gasteiger partial charge in [-0.25, -0.2) is 0 Å². The molecule has 1 saturated carbocycles. The summed E-state index contributed by atoms with van der Waals surface area (Å²) in [6.45, 7) is 0. The van der Waals surface area contributed by atoms with Crippen LogP contribution in [0.3, 0.4) is 0 Å². The van der Waals surface area contributed by atoms with Crippen LogP contribution in [0.25, 0.3) is 0 Å². The van der Waals surface area contributed by atoms with Gasteiger partial charge in [0.15, 0.2) is 5.78 Å². The van der Waals surface area contributed by atoms with Crippen LogP contribution in [0.1, 0.15) is 32.1 Å². The first-order valence-corrected chi connectivity index (χ1v) is 4.97. The zero-order valence-electron chi connectivity index (χ0n) is 6.40. The van der Waals surface area contributed by atoms with Gasteiger partial charge in [-0.2, -0.15) is 0 Å². The van der Waals surface area contributed by atoms with E-state index in [9.17, 15) is 4.79 Å². The zero-order valence-corrected chi connectivity index (χ0v) is 7.99. The maximum absolute atomic E-state index is 11.4. The first-order chi connectivity index (χ1) is 5.25. The van der Waals surface area contributed by atoms with Gasteiger partial charge in [-0.15, -0.1) is 0 Å². The third-order valence-electron chi connectivity index (χ3n) is 2.82. The van der Waals surface area contributed by atoms with Crippen LogP contribution >= 0.6 is 15.9 Å². The molecule has 0 radical (unpaired) electrons. The average Bonchev–Trinajstić information content (AvgIpc) is 2.06. The van der Waals surface area contributed by atoms with Gasteiger partial charge < -0.3 is 0 Å². The topological polar surface area (TPSA) is 17.1 Å². The first-order valence-electron chi connectivity index (χ1n) is 4.18. The van der Waals surface area contributed by atoms with Gasteiger partial charge in [0.25, 0.3) is 0 Å². The molecule has 0 aromatic rings. The molecule has 0 atom stereocenters. The maximum Gasteiger partial charge on any atom is 0.179 e. The minimum Gasteiger partial charge on any atom is -0.293 e. The van der Waals surface area contributed by atoms with Crippen molar-refractivity contribution in [2.24, 2.45) is 5.41 Å². The van der Waals surface area contributed by atoms with E-state index in [1.54, 1.807) is 0 Å². The van der Waals surface area contributed by atoms with Gasteiger partial charge in [-0.3, -0.25) is 4.79 Å². The van der Waals surface area contributed by atoms with E-state index in [0.29, 0.717) is 5.78 Å². The van der Waals surface area contributed by atoms with Crippen LogP contribution in [0, 0.1) is 5.41 Å². The molecular formula is C9H11BrO. The summed E-state index contributed by atoms with van der Waals surface area (Å²) in [5.74, 6) is 0.345. The molecule has 1 nitrogen and oxygen atoms in total. The molecule has 0 aliphatic heterocycles. The van der Waals surface area contributed by atoms with E-state index in [1.807, 2.05) is 0 Å². The second kappa shape index (κ2) is 2.44. The average molecular weight is 215 g/mol. The predicted octanol–water partition coefficient (Wildman–Crippen LogP) is 2.80. The van der Waals surface area contributed by atoms with Crippen molar-refractivity contribution >= 4 is 21.7 Å². The van der Waals surface area contributed by atoms with Crippen LogP contribution in [0.15, 0.2) is 10.6 Å². The van der Waals surface area contributed by atoms with Gasteiger partial charge in [0.2, 0.25) is 0 Å². The Hall–Kier alpha value is -0.110. The van der Waals surface area contributed by atoms with Gasteiger partial charge in [-0.05, 0) is 28.8 Å². The second-order valence-corrected chi connectivity index (χ2v) is 4.39. The third kappa shape index (κ3) is 0.994. The number of rotatable bonds is 0. The smallest absolute Gasteiger partial charge is 0.179 e. The molecule has 11 heavy (non-hydrogen) atoms. The highest BCUT2D eigenvalue weighted by Gasteiger charge is 2.45. The number of ketones is 1. The van der Waals surface area contributed by atoms with Crippen molar-refractivity contribution in [3.8, 4) is 0 Å². The zero-order chi connectivity index (χ0) is 7.90. The number of hydrogen-bond acceptors (Lipinski definition) is 1. The Morgan fingerprint density at radius 3 is 2.36 bits per heavy atom. The Kier molecular flexibility index (Phi) is 1.67. The fourth-order valence-corrected chi connectivity index (χ4v) is 2.92. The fourth-order valence-electron chi connectivity index (χ4n) is 2.09. The molecule has 0 unspecified atom stereocenters. The van der Waals surface area contributed by atoms with E-state index in [2.05, 4.69) is 22.0 Å². The Balaban J connectivity index is 2.19. The lowest BCUT2D eigenvalue weighted by atomic mass is 9.65. The van der Waals surface area contributed by atoms with E-state index in [0.717, 1.165) is 17.3 Å². The predicted molar refractivity (Wildman–Crippen MR) is 47.5 cm³/mol. The molecule has 1 fully saturated rings. The van der Waals surface area contributed by atoms with Crippen molar-refractivity contribution in [2.75, 3.05) is 0 Å². The molecular weight excluding hydrogens is 204 g/mol. The van der Waals surface area contributed by atoms with Crippen LogP contribution in [0.5, 0.6) is 0 Å². The molecule has 60 valence electrons. The van der Waals surface area contributed by atoms with Crippen molar-refractivity contribution in [3.63, 3.8) is 0 Å². The number of allylic oxidation sites excluding steroid dienone is 2. The number of carbonyl (C=O) groups excluding carboxylic acids is 1. The van der Waals surface area contributed by atoms with Crippen LogP contribution < -0.4 is 0 Å². The number of Topliss-reactive ketones (excluding diaryl/α,β-unsaturated/α-hetero) is 1. The minimum atomic E-state index is -0.0168. The molecule has 0 bridgehead atoms. The lowest BCUT2D eigenvalue weighted by Gasteiger charge is -2.39. The summed E-state index contributed by atoms with van der Waals surface area (Å²) in [5, 5.41) is 0. The Morgan fingerprint density at radius 1 is 1.27 bits per heavy atom. The van der Waals surface area contributed by atoms with Crippen molar-refractivity contribution < 1.29 is 4.79 Å². The molecule has 0 amide bonds. The highest BCUT2D eigenvalue weighted by Crippen LogP contribution is 2.48. The van der Waals surface area contributed by atoms with E-state index < -0.39 is 0 Å². The summed E-state index contributed by atoms with van der Waals surface area (Å²) in [6.07, 6.45) is 8.03. The molecule has 2 rings (SSSR count). The van der Waals surface area contributed by atoms with Gasteiger partial charge in [0.05, 0.1) is 9.90 Å². The van der Waals surface area contributed by atoms with Crippen molar-refractivity contribution in [3.05, 3.63) is 10.6 Å². The normalized spacial score (nSPS) is 28.1. The molecule has 0 aromatic carbocycles. The van der Waals surface area contributed by atoms with Crippen LogP contribution in [-0.4, -0.2) is 5.78 Å². The maximum atomic E-state index is 11.4. The third-order valence-corrected chi connectivity index (χ3v) is 3.41. The number of halogens is 1. The second-order valence-electron chi connectivity index (χ2n) is 3.54. The quantitative estimate of drug-likeness (QED) is 0.607. The molecule has 1 spiro atoms. The SMILES string of the molecule is O=C1C(Br)=CC12CCCCC2. The fraction of sp³-hybridized carbons (Fsp3) is 0.667. The molecule has 0 saturated heterocycles.